The van der Waals surface area contributed by atoms with Gasteiger partial charge in [-0.3, -0.25) is 15.0 Å². The molecule has 0 fully saturated rings. The highest BCUT2D eigenvalue weighted by Gasteiger charge is 2.18. The third-order valence-corrected chi connectivity index (χ3v) is 3.47. The zero-order chi connectivity index (χ0) is 13.0. The van der Waals surface area contributed by atoms with Crippen molar-refractivity contribution >= 4 is 31.9 Å². The van der Waals surface area contributed by atoms with Gasteiger partial charge in [0, 0.05) is 27.5 Å². The van der Waals surface area contributed by atoms with Gasteiger partial charge in [0.1, 0.15) is 0 Å². The lowest BCUT2D eigenvalue weighted by atomic mass is 10.1. The lowest BCUT2D eigenvalue weighted by molar-refractivity contribution is 0.596. The van der Waals surface area contributed by atoms with E-state index >= 15 is 0 Å². The molecule has 94 valence electrons. The highest BCUT2D eigenvalue weighted by Crippen LogP contribution is 2.27. The molecule has 0 aliphatic heterocycles. The molecule has 0 radical (unpaired) electrons. The van der Waals surface area contributed by atoms with Gasteiger partial charge < -0.3 is 5.32 Å². The quantitative estimate of drug-likeness (QED) is 0.897. The van der Waals surface area contributed by atoms with Crippen molar-refractivity contribution in [3.05, 3.63) is 51.2 Å². The third-order valence-electron chi connectivity index (χ3n) is 2.40. The molecule has 0 bridgehead atoms. The van der Waals surface area contributed by atoms with Gasteiger partial charge in [0.15, 0.2) is 0 Å². The van der Waals surface area contributed by atoms with Crippen molar-refractivity contribution < 1.29 is 0 Å². The van der Waals surface area contributed by atoms with E-state index in [9.17, 15) is 0 Å². The summed E-state index contributed by atoms with van der Waals surface area (Å²) in [6.07, 6.45) is 6.88. The number of rotatable bonds is 4. The average molecular weight is 372 g/mol. The molecule has 4 nitrogen and oxygen atoms in total. The highest BCUT2D eigenvalue weighted by atomic mass is 79.9. The Morgan fingerprint density at radius 2 is 2.06 bits per heavy atom. The van der Waals surface area contributed by atoms with Gasteiger partial charge in [0.25, 0.3) is 0 Å². The van der Waals surface area contributed by atoms with Crippen molar-refractivity contribution in [1.82, 2.24) is 20.3 Å². The molecule has 2 aromatic heterocycles. The first-order chi connectivity index (χ1) is 8.72. The summed E-state index contributed by atoms with van der Waals surface area (Å²) in [6.45, 7) is 2.88. The first kappa shape index (κ1) is 13.6. The fourth-order valence-corrected chi connectivity index (χ4v) is 2.86. The predicted octanol–water partition coefficient (Wildman–Crippen LogP) is 3.10. The van der Waals surface area contributed by atoms with Crippen LogP contribution in [0, 0.1) is 0 Å². The fourth-order valence-electron chi connectivity index (χ4n) is 1.64. The van der Waals surface area contributed by atoms with E-state index in [-0.39, 0.29) is 6.04 Å². The molecule has 0 saturated heterocycles. The second-order valence-corrected chi connectivity index (χ2v) is 5.41. The maximum Gasteiger partial charge on any atom is 0.0952 e. The Labute approximate surface area is 123 Å². The molecular weight excluding hydrogens is 360 g/mol. The Kier molecular flexibility index (Phi) is 4.79. The number of nitrogens with zero attached hydrogens (tertiary/aromatic N) is 3. The van der Waals surface area contributed by atoms with Crippen molar-refractivity contribution in [2.75, 3.05) is 6.54 Å². The number of aromatic nitrogens is 3. The van der Waals surface area contributed by atoms with Crippen LogP contribution in [-0.2, 0) is 0 Å². The van der Waals surface area contributed by atoms with Crippen LogP contribution in [0.2, 0.25) is 0 Å². The summed E-state index contributed by atoms with van der Waals surface area (Å²) in [4.78, 5) is 12.9. The van der Waals surface area contributed by atoms with Crippen molar-refractivity contribution in [2.45, 2.75) is 13.0 Å². The molecule has 0 amide bonds. The molecule has 2 rings (SSSR count). The Morgan fingerprint density at radius 3 is 2.67 bits per heavy atom. The molecule has 2 aromatic rings. The van der Waals surface area contributed by atoms with E-state index in [0.29, 0.717) is 0 Å². The van der Waals surface area contributed by atoms with Gasteiger partial charge in [-0.2, -0.15) is 0 Å². The zero-order valence-corrected chi connectivity index (χ0v) is 12.9. The first-order valence-corrected chi connectivity index (χ1v) is 7.11. The average Bonchev–Trinajstić information content (AvgIpc) is 2.38. The summed E-state index contributed by atoms with van der Waals surface area (Å²) in [5, 5.41) is 3.37. The van der Waals surface area contributed by atoms with Gasteiger partial charge in [-0.25, -0.2) is 0 Å². The minimum absolute atomic E-state index is 0.0637. The van der Waals surface area contributed by atoms with E-state index in [1.807, 2.05) is 6.07 Å². The molecule has 1 N–H and O–H groups in total. The van der Waals surface area contributed by atoms with Crippen LogP contribution < -0.4 is 5.32 Å². The van der Waals surface area contributed by atoms with E-state index < -0.39 is 0 Å². The highest BCUT2D eigenvalue weighted by molar-refractivity contribution is 9.11. The number of pyridine rings is 1. The SMILES string of the molecule is CCNC(c1cnccn1)c1ncc(Br)cc1Br. The second kappa shape index (κ2) is 6.36. The fraction of sp³-hybridized carbons (Fsp3) is 0.250. The van der Waals surface area contributed by atoms with Crippen molar-refractivity contribution in [3.63, 3.8) is 0 Å². The summed E-state index contributed by atoms with van der Waals surface area (Å²) in [7, 11) is 0. The molecule has 6 heteroatoms. The van der Waals surface area contributed by atoms with Crippen molar-refractivity contribution in [2.24, 2.45) is 0 Å². The molecule has 1 unspecified atom stereocenters. The summed E-state index contributed by atoms with van der Waals surface area (Å²) < 4.78 is 1.88. The molecule has 1 atom stereocenters. The summed E-state index contributed by atoms with van der Waals surface area (Å²) in [5.41, 5.74) is 1.76. The predicted molar refractivity (Wildman–Crippen MR) is 77.2 cm³/mol. The van der Waals surface area contributed by atoms with E-state index in [0.717, 1.165) is 26.9 Å². The van der Waals surface area contributed by atoms with Crippen molar-refractivity contribution in [3.8, 4) is 0 Å². The molecule has 0 spiro atoms. The third kappa shape index (κ3) is 3.13. The molecule has 2 heterocycles. The van der Waals surface area contributed by atoms with Crippen LogP contribution in [0.5, 0.6) is 0 Å². The van der Waals surface area contributed by atoms with Gasteiger partial charge in [0.2, 0.25) is 0 Å². The first-order valence-electron chi connectivity index (χ1n) is 5.52. The van der Waals surface area contributed by atoms with Gasteiger partial charge in [-0.15, -0.1) is 0 Å². The Hall–Kier alpha value is -0.850. The largest absolute Gasteiger partial charge is 0.304 e. The van der Waals surface area contributed by atoms with Crippen molar-refractivity contribution in [1.29, 1.82) is 0 Å². The van der Waals surface area contributed by atoms with Crippen LogP contribution in [0.15, 0.2) is 39.8 Å². The lowest BCUT2D eigenvalue weighted by Gasteiger charge is -2.17. The Balaban J connectivity index is 2.41. The molecule has 18 heavy (non-hydrogen) atoms. The van der Waals surface area contributed by atoms with Gasteiger partial charge in [0.05, 0.1) is 23.6 Å². The number of nitrogens with one attached hydrogen (secondary N) is 1. The van der Waals surface area contributed by atoms with Crippen LogP contribution in [0.1, 0.15) is 24.4 Å². The smallest absolute Gasteiger partial charge is 0.0952 e. The summed E-state index contributed by atoms with van der Waals surface area (Å²) in [5.74, 6) is 0. The van der Waals surface area contributed by atoms with E-state index in [4.69, 9.17) is 0 Å². The van der Waals surface area contributed by atoms with Crippen LogP contribution in [-0.4, -0.2) is 21.5 Å². The van der Waals surface area contributed by atoms with Crippen LogP contribution in [0.4, 0.5) is 0 Å². The second-order valence-electron chi connectivity index (χ2n) is 3.64. The van der Waals surface area contributed by atoms with E-state index in [1.54, 1.807) is 24.8 Å². The molecular formula is C12H12Br2N4. The maximum absolute atomic E-state index is 4.45. The molecule has 0 saturated carbocycles. The Bertz CT molecular complexity index is 519. The normalized spacial score (nSPS) is 12.4. The van der Waals surface area contributed by atoms with Crippen LogP contribution in [0.3, 0.4) is 0 Å². The van der Waals surface area contributed by atoms with Gasteiger partial charge >= 0.3 is 0 Å². The standard InChI is InChI=1S/C12H12Br2N4/c1-2-16-12(10-7-15-3-4-17-10)11-9(14)5-8(13)6-18-11/h3-7,12,16H,2H2,1H3. The number of hydrogen-bond acceptors (Lipinski definition) is 4. The Morgan fingerprint density at radius 1 is 1.22 bits per heavy atom. The maximum atomic E-state index is 4.45. The summed E-state index contributed by atoms with van der Waals surface area (Å²) >= 11 is 6.93. The topological polar surface area (TPSA) is 50.7 Å². The number of hydrogen-bond donors (Lipinski definition) is 1. The minimum Gasteiger partial charge on any atom is -0.304 e. The molecule has 0 aromatic carbocycles. The monoisotopic (exact) mass is 370 g/mol. The van der Waals surface area contributed by atoms with Gasteiger partial charge in [-0.05, 0) is 44.5 Å². The number of halogens is 2. The van der Waals surface area contributed by atoms with E-state index in [2.05, 4.69) is 59.1 Å². The summed E-state index contributed by atoms with van der Waals surface area (Å²) in [6, 6.07) is 1.91. The molecule has 0 aliphatic rings. The van der Waals surface area contributed by atoms with Crippen LogP contribution >= 0.6 is 31.9 Å². The minimum atomic E-state index is -0.0637. The van der Waals surface area contributed by atoms with Crippen LogP contribution in [0.25, 0.3) is 0 Å². The zero-order valence-electron chi connectivity index (χ0n) is 9.77. The molecule has 0 aliphatic carbocycles. The lowest BCUT2D eigenvalue weighted by Crippen LogP contribution is -2.24. The van der Waals surface area contributed by atoms with Gasteiger partial charge in [-0.1, -0.05) is 6.92 Å². The van der Waals surface area contributed by atoms with E-state index in [1.165, 1.54) is 0 Å².